The van der Waals surface area contributed by atoms with Crippen molar-refractivity contribution in [2.24, 2.45) is 4.99 Å². The van der Waals surface area contributed by atoms with Crippen LogP contribution in [0.1, 0.15) is 36.6 Å². The summed E-state index contributed by atoms with van der Waals surface area (Å²) < 4.78 is 14.4. The summed E-state index contributed by atoms with van der Waals surface area (Å²) in [5, 5.41) is 3.93. The third kappa shape index (κ3) is 7.23. The standard InChI is InChI=1S/C36H28BrCl2N3O4S/c1-3-45-26-13-11-24(12-14-26)33-32(34(43)41-25-7-5-4-6-8-25)21(2)40-36-42(33)35(44)31(47-36)19-22-10-16-30(27(37)17-22)46-20-23-9-15-28(38)29(39)18-23/h4-19,33H,3,20H2,1-2H3,(H,41,43)/b31-19-/t33-/m1/s1. The number of rotatable bonds is 9. The second-order valence-corrected chi connectivity index (χ2v) is 13.3. The molecule has 0 saturated heterocycles. The number of nitrogens with one attached hydrogen (secondary N) is 1. The lowest BCUT2D eigenvalue weighted by Gasteiger charge is -2.25. The fourth-order valence-corrected chi connectivity index (χ4v) is 7.10. The number of hydrogen-bond donors (Lipinski definition) is 1. The van der Waals surface area contributed by atoms with Gasteiger partial charge in [0.25, 0.3) is 11.5 Å². The summed E-state index contributed by atoms with van der Waals surface area (Å²) in [4.78, 5) is 33.2. The smallest absolute Gasteiger partial charge is 0.271 e. The number of carbonyl (C=O) groups is 1. The van der Waals surface area contributed by atoms with Crippen molar-refractivity contribution in [1.82, 2.24) is 4.57 Å². The number of hydrogen-bond acceptors (Lipinski definition) is 6. The Labute approximate surface area is 293 Å². The van der Waals surface area contributed by atoms with Crippen LogP contribution in [0, 0.1) is 0 Å². The Morgan fingerprint density at radius 1 is 1.00 bits per heavy atom. The van der Waals surface area contributed by atoms with Crippen LogP contribution >= 0.6 is 50.5 Å². The fraction of sp³-hybridized carbons (Fsp3) is 0.139. The molecule has 1 aliphatic heterocycles. The molecule has 6 rings (SSSR count). The SMILES string of the molecule is CCOc1ccc([C@@H]2C(C(=O)Nc3ccccc3)=C(C)N=c3s/c(=C\c4ccc(OCc5ccc(Cl)c(Cl)c5)c(Br)c4)c(=O)n32)cc1. The van der Waals surface area contributed by atoms with Crippen molar-refractivity contribution in [1.29, 1.82) is 0 Å². The summed E-state index contributed by atoms with van der Waals surface area (Å²) in [7, 11) is 0. The average molecular weight is 750 g/mol. The zero-order chi connectivity index (χ0) is 33.1. The molecule has 11 heteroatoms. The number of carbonyl (C=O) groups excluding carboxylic acids is 1. The van der Waals surface area contributed by atoms with E-state index in [1.54, 1.807) is 23.6 Å². The number of fused-ring (bicyclic) bond motifs is 1. The van der Waals surface area contributed by atoms with Crippen LogP contribution in [-0.4, -0.2) is 17.1 Å². The highest BCUT2D eigenvalue weighted by atomic mass is 79.9. The number of ether oxygens (including phenoxy) is 2. The number of halogens is 3. The molecule has 0 radical (unpaired) electrons. The molecule has 47 heavy (non-hydrogen) atoms. The number of para-hydroxylation sites is 1. The lowest BCUT2D eigenvalue weighted by molar-refractivity contribution is -0.113. The van der Waals surface area contributed by atoms with E-state index in [9.17, 15) is 9.59 Å². The van der Waals surface area contributed by atoms with Crippen LogP contribution in [0.5, 0.6) is 11.5 Å². The molecule has 238 valence electrons. The van der Waals surface area contributed by atoms with Crippen molar-refractivity contribution in [2.75, 3.05) is 11.9 Å². The monoisotopic (exact) mass is 747 g/mol. The van der Waals surface area contributed by atoms with Crippen molar-refractivity contribution in [3.63, 3.8) is 0 Å². The molecule has 0 bridgehead atoms. The molecule has 0 fully saturated rings. The van der Waals surface area contributed by atoms with Gasteiger partial charge in [0.1, 0.15) is 18.1 Å². The zero-order valence-corrected chi connectivity index (χ0v) is 29.2. The fourth-order valence-electron chi connectivity index (χ4n) is 5.23. The van der Waals surface area contributed by atoms with Crippen LogP contribution in [0.2, 0.25) is 10.0 Å². The van der Waals surface area contributed by atoms with E-state index in [1.165, 1.54) is 11.3 Å². The molecule has 1 aliphatic rings. The molecule has 0 unspecified atom stereocenters. The number of benzene rings is 4. The molecule has 7 nitrogen and oxygen atoms in total. The highest BCUT2D eigenvalue weighted by molar-refractivity contribution is 9.10. The molecule has 4 aromatic carbocycles. The van der Waals surface area contributed by atoms with Crippen molar-refractivity contribution < 1.29 is 14.3 Å². The van der Waals surface area contributed by atoms with Crippen LogP contribution in [0.15, 0.2) is 117 Å². The number of thiazole rings is 1. The van der Waals surface area contributed by atoms with E-state index < -0.39 is 6.04 Å². The highest BCUT2D eigenvalue weighted by Gasteiger charge is 2.32. The van der Waals surface area contributed by atoms with Gasteiger partial charge in [0.15, 0.2) is 4.80 Å². The second-order valence-electron chi connectivity index (χ2n) is 10.6. The molecule has 1 atom stereocenters. The Bertz CT molecular complexity index is 2180. The van der Waals surface area contributed by atoms with E-state index in [0.29, 0.717) is 61.0 Å². The summed E-state index contributed by atoms with van der Waals surface area (Å²) >= 11 is 17.0. The minimum atomic E-state index is -0.698. The summed E-state index contributed by atoms with van der Waals surface area (Å²) in [5.74, 6) is 1.01. The minimum Gasteiger partial charge on any atom is -0.494 e. The zero-order valence-electron chi connectivity index (χ0n) is 25.3. The van der Waals surface area contributed by atoms with Gasteiger partial charge in [-0.1, -0.05) is 77.0 Å². The van der Waals surface area contributed by atoms with Gasteiger partial charge in [-0.2, -0.15) is 0 Å². The Morgan fingerprint density at radius 3 is 2.47 bits per heavy atom. The maximum atomic E-state index is 14.1. The molecule has 0 aliphatic carbocycles. The van der Waals surface area contributed by atoms with Gasteiger partial charge in [0.05, 0.1) is 43.0 Å². The molecule has 1 aromatic heterocycles. The highest BCUT2D eigenvalue weighted by Crippen LogP contribution is 2.32. The van der Waals surface area contributed by atoms with Crippen molar-refractivity contribution in [3.05, 3.63) is 153 Å². The Kier molecular flexibility index (Phi) is 9.98. The van der Waals surface area contributed by atoms with Crippen molar-refractivity contribution in [3.8, 4) is 11.5 Å². The third-order valence-electron chi connectivity index (χ3n) is 7.44. The lowest BCUT2D eigenvalue weighted by Crippen LogP contribution is -2.40. The number of aromatic nitrogens is 1. The minimum absolute atomic E-state index is 0.249. The van der Waals surface area contributed by atoms with Gasteiger partial charge in [0, 0.05) is 5.69 Å². The van der Waals surface area contributed by atoms with Gasteiger partial charge in [-0.15, -0.1) is 0 Å². The first-order valence-corrected chi connectivity index (χ1v) is 17.1. The second kappa shape index (κ2) is 14.3. The normalized spacial score (nSPS) is 14.4. The quantitative estimate of drug-likeness (QED) is 0.166. The van der Waals surface area contributed by atoms with Gasteiger partial charge >= 0.3 is 0 Å². The van der Waals surface area contributed by atoms with Crippen LogP contribution in [0.4, 0.5) is 5.69 Å². The average Bonchev–Trinajstić information content (AvgIpc) is 3.36. The van der Waals surface area contributed by atoms with Crippen molar-refractivity contribution >= 4 is 68.1 Å². The summed E-state index contributed by atoms with van der Waals surface area (Å²) in [5.41, 5.74) is 3.77. The van der Waals surface area contributed by atoms with Gasteiger partial charge in [-0.05, 0) is 101 Å². The lowest BCUT2D eigenvalue weighted by atomic mass is 9.95. The van der Waals surface area contributed by atoms with Crippen LogP contribution < -0.4 is 29.7 Å². The predicted octanol–water partition coefficient (Wildman–Crippen LogP) is 7.92. The van der Waals surface area contributed by atoms with E-state index >= 15 is 0 Å². The Morgan fingerprint density at radius 2 is 1.77 bits per heavy atom. The first-order chi connectivity index (χ1) is 22.7. The molecule has 0 saturated carbocycles. The topological polar surface area (TPSA) is 81.9 Å². The van der Waals surface area contributed by atoms with E-state index in [2.05, 4.69) is 21.2 Å². The van der Waals surface area contributed by atoms with E-state index in [0.717, 1.165) is 21.2 Å². The number of anilines is 1. The van der Waals surface area contributed by atoms with E-state index in [-0.39, 0.29) is 11.5 Å². The number of allylic oxidation sites excluding steroid dienone is 1. The van der Waals surface area contributed by atoms with E-state index in [4.69, 9.17) is 37.7 Å². The van der Waals surface area contributed by atoms with E-state index in [1.807, 2.05) is 91.9 Å². The first-order valence-electron chi connectivity index (χ1n) is 14.7. The van der Waals surface area contributed by atoms with Gasteiger partial charge in [-0.25, -0.2) is 4.99 Å². The molecule has 2 heterocycles. The maximum absolute atomic E-state index is 14.1. The molecule has 5 aromatic rings. The third-order valence-corrected chi connectivity index (χ3v) is 9.78. The predicted molar refractivity (Wildman–Crippen MR) is 191 cm³/mol. The van der Waals surface area contributed by atoms with Crippen LogP contribution in [0.3, 0.4) is 0 Å². The summed E-state index contributed by atoms with van der Waals surface area (Å²) in [6.45, 7) is 4.55. The van der Waals surface area contributed by atoms with Gasteiger partial charge in [0.2, 0.25) is 0 Å². The molecule has 0 spiro atoms. The van der Waals surface area contributed by atoms with Crippen LogP contribution in [-0.2, 0) is 11.4 Å². The molecular weight excluding hydrogens is 721 g/mol. The summed E-state index contributed by atoms with van der Waals surface area (Å²) in [6.07, 6.45) is 1.82. The first kappa shape index (κ1) is 32.8. The largest absolute Gasteiger partial charge is 0.494 e. The number of amides is 1. The van der Waals surface area contributed by atoms with Gasteiger partial charge in [-0.3, -0.25) is 14.2 Å². The number of nitrogens with zero attached hydrogens (tertiary/aromatic N) is 2. The van der Waals surface area contributed by atoms with Crippen molar-refractivity contribution in [2.45, 2.75) is 26.5 Å². The Hall–Kier alpha value is -4.15. The molecule has 1 N–H and O–H groups in total. The molecular formula is C36H28BrCl2N3O4S. The maximum Gasteiger partial charge on any atom is 0.271 e. The Balaban J connectivity index is 1.35. The van der Waals surface area contributed by atoms with Crippen LogP contribution in [0.25, 0.3) is 6.08 Å². The van der Waals surface area contributed by atoms with Gasteiger partial charge < -0.3 is 14.8 Å². The summed E-state index contributed by atoms with van der Waals surface area (Å²) in [6, 6.07) is 26.9. The molecule has 1 amide bonds.